The third-order valence-corrected chi connectivity index (χ3v) is 3.21. The molecule has 0 amide bonds. The van der Waals surface area contributed by atoms with Crippen LogP contribution in [0.4, 0.5) is 0 Å². The van der Waals surface area contributed by atoms with Gasteiger partial charge in [-0.25, -0.2) is 4.98 Å². The Morgan fingerprint density at radius 3 is 2.89 bits per heavy atom. The van der Waals surface area contributed by atoms with E-state index >= 15 is 0 Å². The zero-order chi connectivity index (χ0) is 13.2. The van der Waals surface area contributed by atoms with Gasteiger partial charge in [0.15, 0.2) is 5.96 Å². The number of nitrogens with one attached hydrogen (secondary N) is 2. The first-order valence-corrected chi connectivity index (χ1v) is 7.01. The van der Waals surface area contributed by atoms with E-state index in [1.807, 2.05) is 13.8 Å². The molecule has 1 aromatic heterocycles. The van der Waals surface area contributed by atoms with Crippen molar-refractivity contribution in [2.75, 3.05) is 19.6 Å². The molecule has 0 aromatic carbocycles. The van der Waals surface area contributed by atoms with Crippen LogP contribution in [0, 0.1) is 19.3 Å². The summed E-state index contributed by atoms with van der Waals surface area (Å²) in [6, 6.07) is 0. The number of hydrogen-bond acceptors (Lipinski definition) is 3. The fraction of sp³-hybridized carbons (Fsp3) is 0.538. The first kappa shape index (κ1) is 18.2. The largest absolute Gasteiger partial charge is 0.357 e. The van der Waals surface area contributed by atoms with E-state index in [9.17, 15) is 0 Å². The molecule has 0 aliphatic rings. The molecule has 1 aromatic rings. The molecule has 19 heavy (non-hydrogen) atoms. The number of hydrogen-bond donors (Lipinski definition) is 2. The molecule has 0 bridgehead atoms. The lowest BCUT2D eigenvalue weighted by atomic mass is 10.3. The predicted molar refractivity (Wildman–Crippen MR) is 93.4 cm³/mol. The quantitative estimate of drug-likeness (QED) is 0.257. The zero-order valence-electron chi connectivity index (χ0n) is 11.4. The third-order valence-electron chi connectivity index (χ3n) is 2.19. The van der Waals surface area contributed by atoms with Gasteiger partial charge in [-0.15, -0.1) is 41.7 Å². The van der Waals surface area contributed by atoms with Crippen LogP contribution in [0.15, 0.2) is 10.4 Å². The number of rotatable bonds is 6. The van der Waals surface area contributed by atoms with Crippen molar-refractivity contribution >= 4 is 41.3 Å². The van der Waals surface area contributed by atoms with Gasteiger partial charge in [0.05, 0.1) is 11.6 Å². The molecule has 0 spiro atoms. The predicted octanol–water partition coefficient (Wildman–Crippen LogP) is 2.19. The Morgan fingerprint density at radius 2 is 2.32 bits per heavy atom. The highest BCUT2D eigenvalue weighted by molar-refractivity contribution is 14.0. The van der Waals surface area contributed by atoms with Crippen LogP contribution in [0.1, 0.15) is 24.0 Å². The molecule has 0 saturated carbocycles. The average Bonchev–Trinajstić information content (AvgIpc) is 2.77. The smallest absolute Gasteiger partial charge is 0.192 e. The van der Waals surface area contributed by atoms with Crippen molar-refractivity contribution in [2.24, 2.45) is 4.99 Å². The number of halogens is 1. The standard InChI is InChI=1S/C13H20N4S.HI/c1-4-8-15-13(14-5-2)16-9-6-7-12-17-11(3)10-18-12;/h1,10H,5-9H2,2-3H3,(H2,14,15,16);1H. The maximum absolute atomic E-state index is 5.20. The lowest BCUT2D eigenvalue weighted by Gasteiger charge is -2.08. The van der Waals surface area contributed by atoms with Crippen LogP contribution in [0.5, 0.6) is 0 Å². The van der Waals surface area contributed by atoms with E-state index in [1.165, 1.54) is 5.01 Å². The summed E-state index contributed by atoms with van der Waals surface area (Å²) in [4.78, 5) is 8.87. The molecule has 4 nitrogen and oxygen atoms in total. The Labute approximate surface area is 136 Å². The average molecular weight is 392 g/mol. The van der Waals surface area contributed by atoms with E-state index in [-0.39, 0.29) is 24.0 Å². The Bertz CT molecular complexity index is 423. The van der Waals surface area contributed by atoms with Crippen LogP contribution < -0.4 is 10.6 Å². The third kappa shape index (κ3) is 8.06. The molecule has 1 heterocycles. The monoisotopic (exact) mass is 392 g/mol. The zero-order valence-corrected chi connectivity index (χ0v) is 14.5. The van der Waals surface area contributed by atoms with Crippen LogP contribution >= 0.6 is 35.3 Å². The van der Waals surface area contributed by atoms with Gasteiger partial charge in [0.25, 0.3) is 0 Å². The molecular weight excluding hydrogens is 371 g/mol. The van der Waals surface area contributed by atoms with Crippen molar-refractivity contribution in [1.82, 2.24) is 15.6 Å². The van der Waals surface area contributed by atoms with Crippen LogP contribution in [0.25, 0.3) is 0 Å². The van der Waals surface area contributed by atoms with Gasteiger partial charge < -0.3 is 10.6 Å². The summed E-state index contributed by atoms with van der Waals surface area (Å²) < 4.78 is 0. The van der Waals surface area contributed by atoms with E-state index in [0.29, 0.717) is 6.54 Å². The molecular formula is C13H21IN4S. The van der Waals surface area contributed by atoms with Gasteiger partial charge in [-0.2, -0.15) is 0 Å². The summed E-state index contributed by atoms with van der Waals surface area (Å²) in [6.07, 6.45) is 7.19. The van der Waals surface area contributed by atoms with Crippen LogP contribution in [0.2, 0.25) is 0 Å². The van der Waals surface area contributed by atoms with Gasteiger partial charge in [0.2, 0.25) is 0 Å². The molecule has 0 atom stereocenters. The van der Waals surface area contributed by atoms with Crippen LogP contribution in [0.3, 0.4) is 0 Å². The highest BCUT2D eigenvalue weighted by atomic mass is 127. The lowest BCUT2D eigenvalue weighted by Crippen LogP contribution is -2.37. The second-order valence-electron chi connectivity index (χ2n) is 3.80. The highest BCUT2D eigenvalue weighted by Gasteiger charge is 1.99. The van der Waals surface area contributed by atoms with E-state index in [0.717, 1.165) is 37.6 Å². The van der Waals surface area contributed by atoms with Gasteiger partial charge >= 0.3 is 0 Å². The Hall–Kier alpha value is -0.810. The van der Waals surface area contributed by atoms with E-state index in [1.54, 1.807) is 11.3 Å². The maximum atomic E-state index is 5.20. The fourth-order valence-electron chi connectivity index (χ4n) is 1.42. The molecule has 0 unspecified atom stereocenters. The highest BCUT2D eigenvalue weighted by Crippen LogP contribution is 2.10. The second kappa shape index (κ2) is 11.1. The summed E-state index contributed by atoms with van der Waals surface area (Å²) in [5.74, 6) is 3.32. The second-order valence-corrected chi connectivity index (χ2v) is 4.75. The van der Waals surface area contributed by atoms with E-state index < -0.39 is 0 Å². The van der Waals surface area contributed by atoms with Crippen LogP contribution in [-0.2, 0) is 6.42 Å². The van der Waals surface area contributed by atoms with Gasteiger partial charge in [-0.1, -0.05) is 5.92 Å². The van der Waals surface area contributed by atoms with Crippen LogP contribution in [-0.4, -0.2) is 30.6 Å². The van der Waals surface area contributed by atoms with E-state index in [2.05, 4.69) is 31.9 Å². The Balaban J connectivity index is 0.00000324. The Morgan fingerprint density at radius 1 is 1.53 bits per heavy atom. The summed E-state index contributed by atoms with van der Waals surface area (Å²) in [6.45, 7) is 6.16. The van der Waals surface area contributed by atoms with E-state index in [4.69, 9.17) is 6.42 Å². The number of guanidine groups is 1. The molecule has 2 N–H and O–H groups in total. The van der Waals surface area contributed by atoms with Gasteiger partial charge in [0, 0.05) is 30.6 Å². The van der Waals surface area contributed by atoms with Crippen molar-refractivity contribution in [2.45, 2.75) is 26.7 Å². The maximum Gasteiger partial charge on any atom is 0.192 e. The molecule has 6 heteroatoms. The van der Waals surface area contributed by atoms with Crippen molar-refractivity contribution in [3.63, 3.8) is 0 Å². The number of aliphatic imine (C=N–C) groups is 1. The number of aryl methyl sites for hydroxylation is 2. The summed E-state index contributed by atoms with van der Waals surface area (Å²) >= 11 is 1.72. The fourth-order valence-corrected chi connectivity index (χ4v) is 2.23. The minimum Gasteiger partial charge on any atom is -0.357 e. The van der Waals surface area contributed by atoms with Gasteiger partial charge in [0.1, 0.15) is 0 Å². The lowest BCUT2D eigenvalue weighted by molar-refractivity contribution is 0.798. The topological polar surface area (TPSA) is 49.3 Å². The summed E-state index contributed by atoms with van der Waals surface area (Å²) in [5, 5.41) is 9.48. The SMILES string of the molecule is C#CCNC(=NCCCc1nc(C)cs1)NCC.I. The first-order valence-electron chi connectivity index (χ1n) is 6.13. The molecule has 0 radical (unpaired) electrons. The summed E-state index contributed by atoms with van der Waals surface area (Å²) in [5.41, 5.74) is 1.10. The number of thiazole rings is 1. The Kier molecular flexibility index (Phi) is 10.6. The van der Waals surface area contributed by atoms with Crippen molar-refractivity contribution in [3.8, 4) is 12.3 Å². The number of terminal acetylenes is 1. The molecule has 0 fully saturated rings. The molecule has 0 aliphatic heterocycles. The first-order chi connectivity index (χ1) is 8.76. The van der Waals surface area contributed by atoms with Gasteiger partial charge in [-0.3, -0.25) is 4.99 Å². The van der Waals surface area contributed by atoms with Crippen molar-refractivity contribution in [1.29, 1.82) is 0 Å². The minimum atomic E-state index is 0. The molecule has 0 aliphatic carbocycles. The number of aromatic nitrogens is 1. The number of nitrogens with zero attached hydrogens (tertiary/aromatic N) is 2. The summed E-state index contributed by atoms with van der Waals surface area (Å²) in [7, 11) is 0. The van der Waals surface area contributed by atoms with Crippen molar-refractivity contribution in [3.05, 3.63) is 16.1 Å². The normalized spacial score (nSPS) is 10.5. The molecule has 1 rings (SSSR count). The molecule has 0 saturated heterocycles. The van der Waals surface area contributed by atoms with Gasteiger partial charge in [-0.05, 0) is 20.3 Å². The minimum absolute atomic E-state index is 0. The van der Waals surface area contributed by atoms with Crippen molar-refractivity contribution < 1.29 is 0 Å². The molecule has 106 valence electrons.